The maximum absolute atomic E-state index is 14.1. The highest BCUT2D eigenvalue weighted by molar-refractivity contribution is 9.10. The van der Waals surface area contributed by atoms with Crippen molar-refractivity contribution in [2.24, 2.45) is 4.99 Å². The molecule has 7 rings (SSSR count). The van der Waals surface area contributed by atoms with Gasteiger partial charge in [0.15, 0.2) is 4.80 Å². The van der Waals surface area contributed by atoms with Gasteiger partial charge in [0, 0.05) is 10.0 Å². The van der Waals surface area contributed by atoms with Crippen LogP contribution >= 0.6 is 27.3 Å². The summed E-state index contributed by atoms with van der Waals surface area (Å²) in [6.07, 6.45) is 3.71. The van der Waals surface area contributed by atoms with Crippen molar-refractivity contribution < 1.29 is 9.47 Å². The van der Waals surface area contributed by atoms with Crippen LogP contribution in [-0.2, 0) is 13.0 Å². The summed E-state index contributed by atoms with van der Waals surface area (Å²) in [5.41, 5.74) is 7.57. The monoisotopic (exact) mass is 634 g/mol. The fourth-order valence-corrected chi connectivity index (χ4v) is 6.99. The normalized spacial score (nSPS) is 15.9. The summed E-state index contributed by atoms with van der Waals surface area (Å²) in [7, 11) is 1.67. The van der Waals surface area contributed by atoms with Crippen molar-refractivity contribution in [3.8, 4) is 11.5 Å². The second kappa shape index (κ2) is 11.2. The molecule has 0 spiro atoms. The molecule has 1 aliphatic carbocycles. The molecular formula is C35H27BrN2O3S. The number of aromatic nitrogens is 1. The quantitative estimate of drug-likeness (QED) is 0.210. The third-order valence-electron chi connectivity index (χ3n) is 7.76. The number of methoxy groups -OCH3 is 1. The van der Waals surface area contributed by atoms with Gasteiger partial charge in [0.05, 0.1) is 23.4 Å². The first kappa shape index (κ1) is 26.7. The first-order valence-corrected chi connectivity index (χ1v) is 15.4. The molecule has 0 saturated heterocycles. The Morgan fingerprint density at radius 3 is 2.62 bits per heavy atom. The van der Waals surface area contributed by atoms with E-state index in [0.29, 0.717) is 15.9 Å². The number of fused-ring (bicyclic) bond motifs is 3. The van der Waals surface area contributed by atoms with Crippen LogP contribution in [0.4, 0.5) is 0 Å². The van der Waals surface area contributed by atoms with Crippen molar-refractivity contribution in [3.63, 3.8) is 0 Å². The molecule has 1 aromatic heterocycles. The van der Waals surface area contributed by atoms with E-state index in [9.17, 15) is 4.79 Å². The Bertz CT molecular complexity index is 2020. The van der Waals surface area contributed by atoms with Gasteiger partial charge in [0.2, 0.25) is 0 Å². The molecule has 0 fully saturated rings. The molecule has 0 bridgehead atoms. The van der Waals surface area contributed by atoms with E-state index in [1.165, 1.54) is 22.5 Å². The van der Waals surface area contributed by atoms with E-state index in [4.69, 9.17) is 14.5 Å². The Balaban J connectivity index is 1.31. The molecule has 1 atom stereocenters. The third kappa shape index (κ3) is 5.03. The lowest BCUT2D eigenvalue weighted by molar-refractivity contribution is 0.306. The topological polar surface area (TPSA) is 52.8 Å². The number of halogens is 1. The molecule has 2 aliphatic rings. The van der Waals surface area contributed by atoms with Crippen molar-refractivity contribution in [1.82, 2.24) is 4.57 Å². The lowest BCUT2D eigenvalue weighted by Gasteiger charge is -2.31. The van der Waals surface area contributed by atoms with Gasteiger partial charge in [-0.2, -0.15) is 0 Å². The van der Waals surface area contributed by atoms with Crippen molar-refractivity contribution in [2.75, 3.05) is 7.11 Å². The van der Waals surface area contributed by atoms with Gasteiger partial charge in [-0.1, -0.05) is 87.9 Å². The summed E-state index contributed by atoms with van der Waals surface area (Å²) in [4.78, 5) is 19.9. The van der Waals surface area contributed by atoms with E-state index in [1.807, 2.05) is 77.4 Å². The van der Waals surface area contributed by atoms with Crippen LogP contribution in [0, 0.1) is 0 Å². The number of aryl methyl sites for hydroxylation is 1. The molecule has 0 saturated carbocycles. The fourth-order valence-electron chi connectivity index (χ4n) is 5.73. The van der Waals surface area contributed by atoms with Crippen molar-refractivity contribution in [3.05, 3.63) is 155 Å². The largest absolute Gasteiger partial charge is 0.497 e. The zero-order chi connectivity index (χ0) is 28.6. The SMILES string of the molecule is COc1cccc(C2C3=C(N=c4s/c(=C\c5cccc(OCc6ccc(Br)cc6)c5)c(=O)n42)c2ccccc2CC3)c1. The van der Waals surface area contributed by atoms with E-state index < -0.39 is 0 Å². The number of nitrogens with zero attached hydrogens (tertiary/aromatic N) is 2. The average molecular weight is 636 g/mol. The lowest BCUT2D eigenvalue weighted by Crippen LogP contribution is -2.38. The molecule has 42 heavy (non-hydrogen) atoms. The van der Waals surface area contributed by atoms with E-state index in [-0.39, 0.29) is 11.6 Å². The van der Waals surface area contributed by atoms with Crippen LogP contribution in [0.3, 0.4) is 0 Å². The minimum absolute atomic E-state index is 0.0434. The van der Waals surface area contributed by atoms with Gasteiger partial charge in [-0.15, -0.1) is 0 Å². The number of thiazole rings is 1. The molecule has 5 nitrogen and oxygen atoms in total. The van der Waals surface area contributed by atoms with Crippen molar-refractivity contribution in [2.45, 2.75) is 25.5 Å². The fraction of sp³-hybridized carbons (Fsp3) is 0.143. The molecule has 7 heteroatoms. The summed E-state index contributed by atoms with van der Waals surface area (Å²) in [6.45, 7) is 0.465. The molecule has 5 aromatic rings. The zero-order valence-electron chi connectivity index (χ0n) is 22.9. The molecule has 208 valence electrons. The number of rotatable bonds is 6. The molecule has 2 heterocycles. The van der Waals surface area contributed by atoms with E-state index in [1.54, 1.807) is 7.11 Å². The van der Waals surface area contributed by atoms with Crippen LogP contribution in [0.15, 0.2) is 117 Å². The van der Waals surface area contributed by atoms with Crippen LogP contribution in [0.1, 0.15) is 40.3 Å². The molecule has 1 aliphatic heterocycles. The first-order valence-electron chi connectivity index (χ1n) is 13.8. The Hall–Kier alpha value is -4.20. The summed E-state index contributed by atoms with van der Waals surface area (Å²) < 4.78 is 15.2. The highest BCUT2D eigenvalue weighted by Gasteiger charge is 2.32. The van der Waals surface area contributed by atoms with Gasteiger partial charge in [0.1, 0.15) is 18.1 Å². The van der Waals surface area contributed by atoms with Gasteiger partial charge in [0.25, 0.3) is 5.56 Å². The highest BCUT2D eigenvalue weighted by atomic mass is 79.9. The van der Waals surface area contributed by atoms with Crippen LogP contribution < -0.4 is 24.4 Å². The van der Waals surface area contributed by atoms with E-state index in [2.05, 4.69) is 46.3 Å². The van der Waals surface area contributed by atoms with Crippen molar-refractivity contribution >= 4 is 39.0 Å². The molecule has 0 radical (unpaired) electrons. The Labute approximate surface area is 255 Å². The number of allylic oxidation sites excluding steroid dienone is 1. The van der Waals surface area contributed by atoms with Gasteiger partial charge in [-0.3, -0.25) is 9.36 Å². The van der Waals surface area contributed by atoms with E-state index >= 15 is 0 Å². The van der Waals surface area contributed by atoms with Gasteiger partial charge < -0.3 is 9.47 Å². The van der Waals surface area contributed by atoms with Crippen LogP contribution in [0.2, 0.25) is 0 Å². The summed E-state index contributed by atoms with van der Waals surface area (Å²) in [5.74, 6) is 1.52. The van der Waals surface area contributed by atoms with Gasteiger partial charge in [-0.25, -0.2) is 4.99 Å². The van der Waals surface area contributed by atoms with E-state index in [0.717, 1.165) is 56.8 Å². The standard InChI is InChI=1S/C35H27BrN2O3S/c1-40-27-9-5-8-25(20-27)33-30-17-14-24-7-2-3-11-29(24)32(30)37-35-38(33)34(39)31(42-35)19-23-6-4-10-28(18-23)41-21-22-12-15-26(36)16-13-22/h2-13,15-16,18-20,33H,14,17,21H2,1H3/b31-19-. The first-order chi connectivity index (χ1) is 20.6. The summed E-state index contributed by atoms with van der Waals surface area (Å²) in [6, 6.07) is 32.2. The smallest absolute Gasteiger partial charge is 0.271 e. The van der Waals surface area contributed by atoms with Crippen LogP contribution in [0.5, 0.6) is 11.5 Å². The minimum atomic E-state index is -0.248. The Morgan fingerprint density at radius 1 is 0.952 bits per heavy atom. The molecular weight excluding hydrogens is 608 g/mol. The Kier molecular flexibility index (Phi) is 7.14. The maximum atomic E-state index is 14.1. The number of hydrogen-bond acceptors (Lipinski definition) is 5. The zero-order valence-corrected chi connectivity index (χ0v) is 25.3. The van der Waals surface area contributed by atoms with Gasteiger partial charge in [-0.05, 0) is 83.1 Å². The third-order valence-corrected chi connectivity index (χ3v) is 9.27. The molecule has 0 N–H and O–H groups in total. The van der Waals surface area contributed by atoms with Gasteiger partial charge >= 0.3 is 0 Å². The molecule has 4 aromatic carbocycles. The predicted molar refractivity (Wildman–Crippen MR) is 171 cm³/mol. The molecule has 1 unspecified atom stereocenters. The average Bonchev–Trinajstić information content (AvgIpc) is 3.33. The summed E-state index contributed by atoms with van der Waals surface area (Å²) in [5, 5.41) is 0. The maximum Gasteiger partial charge on any atom is 0.271 e. The Morgan fingerprint density at radius 2 is 1.76 bits per heavy atom. The second-order valence-electron chi connectivity index (χ2n) is 10.4. The molecule has 0 amide bonds. The van der Waals surface area contributed by atoms with Crippen molar-refractivity contribution in [1.29, 1.82) is 0 Å². The number of benzene rings is 4. The lowest BCUT2D eigenvalue weighted by atomic mass is 9.83. The highest BCUT2D eigenvalue weighted by Crippen LogP contribution is 2.41. The number of ether oxygens (including phenoxy) is 2. The second-order valence-corrected chi connectivity index (χ2v) is 12.3. The predicted octanol–water partition coefficient (Wildman–Crippen LogP) is 6.67. The minimum Gasteiger partial charge on any atom is -0.497 e. The number of hydrogen-bond donors (Lipinski definition) is 0. The summed E-state index contributed by atoms with van der Waals surface area (Å²) >= 11 is 4.90. The van der Waals surface area contributed by atoms with Crippen LogP contribution in [-0.4, -0.2) is 11.7 Å². The van der Waals surface area contributed by atoms with Crippen LogP contribution in [0.25, 0.3) is 11.8 Å².